The summed E-state index contributed by atoms with van der Waals surface area (Å²) in [4.78, 5) is 11.9. The Morgan fingerprint density at radius 2 is 2.44 bits per heavy atom. The van der Waals surface area contributed by atoms with Crippen LogP contribution >= 0.6 is 11.8 Å². The summed E-state index contributed by atoms with van der Waals surface area (Å²) in [6.07, 6.45) is 0.0296. The van der Waals surface area contributed by atoms with Gasteiger partial charge < -0.3 is 10.1 Å². The highest BCUT2D eigenvalue weighted by Gasteiger charge is 2.22. The van der Waals surface area contributed by atoms with Gasteiger partial charge in [-0.25, -0.2) is 0 Å². The molecule has 1 aromatic carbocycles. The molecule has 2 atom stereocenters. The van der Waals surface area contributed by atoms with Crippen LogP contribution in [0.3, 0.4) is 0 Å². The lowest BCUT2D eigenvalue weighted by Gasteiger charge is -2.13. The summed E-state index contributed by atoms with van der Waals surface area (Å²) in [6.45, 7) is 1.98. The molecular weight excluding hydrogens is 248 g/mol. The molecule has 5 heteroatoms. The third kappa shape index (κ3) is 3.25. The fraction of sp³-hybridized carbons (Fsp3) is 0.462. The van der Waals surface area contributed by atoms with E-state index in [-0.39, 0.29) is 18.1 Å². The molecule has 1 fully saturated rings. The van der Waals surface area contributed by atoms with E-state index < -0.39 is 0 Å². The molecule has 1 heterocycles. The number of methoxy groups -OCH3 is 1. The largest absolute Gasteiger partial charge is 0.377 e. The molecule has 0 bridgehead atoms. The fourth-order valence-electron chi connectivity index (χ4n) is 1.80. The average molecular weight is 266 g/mol. The first kappa shape index (κ1) is 13.4. The minimum atomic E-state index is -0.0847. The van der Waals surface area contributed by atoms with Crippen molar-refractivity contribution < 1.29 is 9.53 Å². The smallest absolute Gasteiger partial charge is 0.242 e. The molecule has 1 aliphatic rings. The van der Waals surface area contributed by atoms with Gasteiger partial charge in [0.15, 0.2) is 0 Å². The lowest BCUT2D eigenvalue weighted by Crippen LogP contribution is -2.37. The number of amides is 1. The van der Waals surface area contributed by atoms with Gasteiger partial charge in [-0.3, -0.25) is 10.1 Å². The van der Waals surface area contributed by atoms with E-state index in [1.807, 2.05) is 31.2 Å². The summed E-state index contributed by atoms with van der Waals surface area (Å²) >= 11 is 1.74. The van der Waals surface area contributed by atoms with E-state index in [4.69, 9.17) is 4.74 Å². The van der Waals surface area contributed by atoms with Crippen LogP contribution in [0.5, 0.6) is 0 Å². The molecule has 2 N–H and O–H groups in total. The molecule has 2 rings (SSSR count). The van der Waals surface area contributed by atoms with Crippen molar-refractivity contribution in [2.45, 2.75) is 19.1 Å². The predicted molar refractivity (Wildman–Crippen MR) is 74.7 cm³/mol. The molecule has 0 aliphatic carbocycles. The second-order valence-electron chi connectivity index (χ2n) is 4.26. The van der Waals surface area contributed by atoms with Crippen LogP contribution in [0.4, 0.5) is 5.69 Å². The van der Waals surface area contributed by atoms with Gasteiger partial charge in [-0.1, -0.05) is 12.1 Å². The Bertz CT molecular complexity index is 419. The molecule has 0 unspecified atom stereocenters. The SMILES string of the molecule is CO[C@H](C)c1cccc(NC(=O)[C@@H]2CSCN2)c1. The molecule has 1 aliphatic heterocycles. The van der Waals surface area contributed by atoms with Gasteiger partial charge >= 0.3 is 0 Å². The van der Waals surface area contributed by atoms with E-state index in [2.05, 4.69) is 10.6 Å². The molecular formula is C13H18N2O2S. The molecule has 4 nitrogen and oxygen atoms in total. The van der Waals surface area contributed by atoms with Gasteiger partial charge in [0.05, 0.1) is 12.1 Å². The summed E-state index contributed by atoms with van der Waals surface area (Å²) in [7, 11) is 1.68. The Hall–Kier alpha value is -1.04. The van der Waals surface area contributed by atoms with Crippen molar-refractivity contribution in [3.63, 3.8) is 0 Å². The normalized spacial score (nSPS) is 20.7. The van der Waals surface area contributed by atoms with Crippen LogP contribution in [0, 0.1) is 0 Å². The Balaban J connectivity index is 2.02. The standard InChI is InChI=1S/C13H18N2O2S/c1-9(17-2)10-4-3-5-11(6-10)15-13(16)12-7-18-8-14-12/h3-6,9,12,14H,7-8H2,1-2H3,(H,15,16)/t9-,12+/m1/s1. The van der Waals surface area contributed by atoms with Crippen LogP contribution in [0.15, 0.2) is 24.3 Å². The minimum Gasteiger partial charge on any atom is -0.377 e. The molecule has 98 valence electrons. The highest BCUT2D eigenvalue weighted by atomic mass is 32.2. The summed E-state index contributed by atoms with van der Waals surface area (Å²) in [5, 5.41) is 6.08. The molecule has 0 spiro atoms. The van der Waals surface area contributed by atoms with E-state index in [0.717, 1.165) is 22.9 Å². The van der Waals surface area contributed by atoms with Gasteiger partial charge in [0.2, 0.25) is 5.91 Å². The Kier molecular flexibility index (Phi) is 4.63. The van der Waals surface area contributed by atoms with Crippen molar-refractivity contribution in [2.75, 3.05) is 24.1 Å². The van der Waals surface area contributed by atoms with Crippen LogP contribution in [0.2, 0.25) is 0 Å². The summed E-state index contributed by atoms with van der Waals surface area (Å²) in [5.74, 6) is 1.71. The third-order valence-corrected chi connectivity index (χ3v) is 3.95. The number of ether oxygens (including phenoxy) is 1. The summed E-state index contributed by atoms with van der Waals surface area (Å²) < 4.78 is 5.27. The summed E-state index contributed by atoms with van der Waals surface area (Å²) in [6, 6.07) is 7.68. The number of rotatable bonds is 4. The number of carbonyl (C=O) groups excluding carboxylic acids is 1. The molecule has 1 amide bonds. The minimum absolute atomic E-state index is 0.0296. The van der Waals surface area contributed by atoms with Gasteiger partial charge in [-0.15, -0.1) is 11.8 Å². The monoisotopic (exact) mass is 266 g/mol. The first-order valence-corrected chi connectivity index (χ1v) is 7.11. The Morgan fingerprint density at radius 1 is 1.61 bits per heavy atom. The summed E-state index contributed by atoms with van der Waals surface area (Å²) in [5.41, 5.74) is 1.88. The first-order chi connectivity index (χ1) is 8.70. The topological polar surface area (TPSA) is 50.4 Å². The number of nitrogens with one attached hydrogen (secondary N) is 2. The van der Waals surface area contributed by atoms with E-state index >= 15 is 0 Å². The molecule has 0 saturated carbocycles. The fourth-order valence-corrected chi connectivity index (χ4v) is 2.74. The van der Waals surface area contributed by atoms with Gasteiger partial charge in [-0.05, 0) is 24.6 Å². The molecule has 1 aromatic rings. The van der Waals surface area contributed by atoms with Crippen molar-refractivity contribution in [3.05, 3.63) is 29.8 Å². The maximum Gasteiger partial charge on any atom is 0.242 e. The predicted octanol–water partition coefficient (Wildman–Crippen LogP) is 1.99. The van der Waals surface area contributed by atoms with Crippen LogP contribution in [-0.2, 0) is 9.53 Å². The lowest BCUT2D eigenvalue weighted by molar-refractivity contribution is -0.117. The van der Waals surface area contributed by atoms with E-state index in [0.29, 0.717) is 0 Å². The third-order valence-electron chi connectivity index (χ3n) is 3.01. The number of hydrogen-bond acceptors (Lipinski definition) is 4. The van der Waals surface area contributed by atoms with Gasteiger partial charge in [0.25, 0.3) is 0 Å². The highest BCUT2D eigenvalue weighted by Crippen LogP contribution is 2.20. The number of benzene rings is 1. The van der Waals surface area contributed by atoms with Crippen molar-refractivity contribution in [3.8, 4) is 0 Å². The van der Waals surface area contributed by atoms with Crippen LogP contribution < -0.4 is 10.6 Å². The maximum absolute atomic E-state index is 11.9. The van der Waals surface area contributed by atoms with Crippen LogP contribution in [0.1, 0.15) is 18.6 Å². The maximum atomic E-state index is 11.9. The number of carbonyl (C=O) groups is 1. The second-order valence-corrected chi connectivity index (χ2v) is 5.29. The molecule has 0 aromatic heterocycles. The van der Waals surface area contributed by atoms with Gasteiger partial charge in [-0.2, -0.15) is 0 Å². The second kappa shape index (κ2) is 6.22. The number of thioether (sulfide) groups is 1. The van der Waals surface area contributed by atoms with Gasteiger partial charge in [0.1, 0.15) is 0 Å². The van der Waals surface area contributed by atoms with Crippen molar-refractivity contribution in [1.82, 2.24) is 5.32 Å². The molecule has 18 heavy (non-hydrogen) atoms. The van der Waals surface area contributed by atoms with E-state index in [1.165, 1.54) is 0 Å². The van der Waals surface area contributed by atoms with E-state index in [1.54, 1.807) is 18.9 Å². The van der Waals surface area contributed by atoms with Crippen LogP contribution in [0.25, 0.3) is 0 Å². The first-order valence-electron chi connectivity index (χ1n) is 5.95. The zero-order valence-electron chi connectivity index (χ0n) is 10.6. The highest BCUT2D eigenvalue weighted by molar-refractivity contribution is 7.99. The van der Waals surface area contributed by atoms with Gasteiger partial charge in [0, 0.05) is 24.4 Å². The van der Waals surface area contributed by atoms with Crippen LogP contribution in [-0.4, -0.2) is 30.7 Å². The zero-order valence-corrected chi connectivity index (χ0v) is 11.4. The quantitative estimate of drug-likeness (QED) is 0.875. The van der Waals surface area contributed by atoms with E-state index in [9.17, 15) is 4.79 Å². The molecule has 0 radical (unpaired) electrons. The molecule has 1 saturated heterocycles. The average Bonchev–Trinajstić information content (AvgIpc) is 2.92. The van der Waals surface area contributed by atoms with Crippen molar-refractivity contribution in [2.24, 2.45) is 0 Å². The number of anilines is 1. The van der Waals surface area contributed by atoms with Crippen molar-refractivity contribution in [1.29, 1.82) is 0 Å². The Labute approximate surface area is 111 Å². The zero-order chi connectivity index (χ0) is 13.0. The van der Waals surface area contributed by atoms with Crippen molar-refractivity contribution >= 4 is 23.4 Å². The Morgan fingerprint density at radius 3 is 3.11 bits per heavy atom. The number of hydrogen-bond donors (Lipinski definition) is 2. The lowest BCUT2D eigenvalue weighted by atomic mass is 10.1.